The predicted octanol–water partition coefficient (Wildman–Crippen LogP) is 4.63. The zero-order valence-electron chi connectivity index (χ0n) is 17.8. The number of carbonyl (C=O) groups excluding carboxylic acids is 1. The first kappa shape index (κ1) is 22.5. The minimum Gasteiger partial charge on any atom is -0.373 e. The third kappa shape index (κ3) is 4.34. The van der Waals surface area contributed by atoms with Crippen LogP contribution in [0.15, 0.2) is 78.9 Å². The molecule has 0 radical (unpaired) electrons. The van der Waals surface area contributed by atoms with Gasteiger partial charge in [0.25, 0.3) is 5.91 Å². The Morgan fingerprint density at radius 1 is 0.970 bits per heavy atom. The summed E-state index contributed by atoms with van der Waals surface area (Å²) < 4.78 is 39.3. The molecule has 1 aromatic heterocycles. The Morgan fingerprint density at radius 3 is 2.06 bits per heavy atom. The lowest BCUT2D eigenvalue weighted by Gasteiger charge is -2.29. The summed E-state index contributed by atoms with van der Waals surface area (Å²) in [5, 5.41) is 14.0. The quantitative estimate of drug-likeness (QED) is 0.447. The van der Waals surface area contributed by atoms with Crippen LogP contribution in [0.5, 0.6) is 0 Å². The van der Waals surface area contributed by atoms with Crippen LogP contribution in [0.3, 0.4) is 0 Å². The van der Waals surface area contributed by atoms with Crippen molar-refractivity contribution in [3.05, 3.63) is 101 Å². The summed E-state index contributed by atoms with van der Waals surface area (Å²) in [6.45, 7) is 0.878. The monoisotopic (exact) mass is 453 g/mol. The molecular weight excluding hydrogens is 431 g/mol. The average molecular weight is 453 g/mol. The molecule has 1 amide bonds. The second kappa shape index (κ2) is 8.71. The van der Waals surface area contributed by atoms with Gasteiger partial charge in [-0.2, -0.15) is 13.2 Å². The highest BCUT2D eigenvalue weighted by atomic mass is 19.4. The molecule has 0 fully saturated rings. The first-order valence-electron chi connectivity index (χ1n) is 10.4. The van der Waals surface area contributed by atoms with Crippen LogP contribution in [0.1, 0.15) is 34.2 Å². The molecule has 4 aromatic rings. The molecule has 0 spiro atoms. The molecule has 33 heavy (non-hydrogen) atoms. The molecule has 2 N–H and O–H groups in total. The van der Waals surface area contributed by atoms with Crippen LogP contribution in [-0.4, -0.2) is 33.3 Å². The van der Waals surface area contributed by atoms with E-state index in [9.17, 15) is 23.1 Å². The molecule has 0 aliphatic heterocycles. The Kier molecular flexibility index (Phi) is 5.95. The van der Waals surface area contributed by atoms with Gasteiger partial charge in [-0.05, 0) is 36.2 Å². The molecule has 3 aromatic carbocycles. The van der Waals surface area contributed by atoms with Crippen molar-refractivity contribution in [3.8, 4) is 0 Å². The molecule has 170 valence electrons. The van der Waals surface area contributed by atoms with Gasteiger partial charge in [-0.3, -0.25) is 4.79 Å². The van der Waals surface area contributed by atoms with Crippen molar-refractivity contribution in [2.45, 2.75) is 25.2 Å². The largest absolute Gasteiger partial charge is 0.405 e. The van der Waals surface area contributed by atoms with Gasteiger partial charge < -0.3 is 15.0 Å². The van der Waals surface area contributed by atoms with Crippen molar-refractivity contribution in [3.63, 3.8) is 0 Å². The molecule has 0 saturated carbocycles. The van der Waals surface area contributed by atoms with E-state index in [0.717, 1.165) is 0 Å². The molecule has 5 nitrogen and oxygen atoms in total. The zero-order valence-corrected chi connectivity index (χ0v) is 17.8. The minimum atomic E-state index is -4.50. The number of amides is 1. The lowest BCUT2D eigenvalue weighted by atomic mass is 9.85. The Hall–Kier alpha value is -3.65. The van der Waals surface area contributed by atoms with E-state index < -0.39 is 24.2 Å². The van der Waals surface area contributed by atoms with E-state index in [0.29, 0.717) is 34.5 Å². The van der Waals surface area contributed by atoms with Gasteiger partial charge in [-0.1, -0.05) is 60.7 Å². The van der Waals surface area contributed by atoms with E-state index in [-0.39, 0.29) is 5.56 Å². The Bertz CT molecular complexity index is 1230. The van der Waals surface area contributed by atoms with Crippen molar-refractivity contribution < 1.29 is 23.1 Å². The molecule has 0 aliphatic carbocycles. The van der Waals surface area contributed by atoms with Crippen LogP contribution in [0.4, 0.5) is 13.2 Å². The summed E-state index contributed by atoms with van der Waals surface area (Å²) in [5.41, 5.74) is 0.780. The Morgan fingerprint density at radius 2 is 1.55 bits per heavy atom. The fourth-order valence-electron chi connectivity index (χ4n) is 3.93. The molecule has 1 heterocycles. The van der Waals surface area contributed by atoms with Crippen LogP contribution in [0, 0.1) is 0 Å². The standard InChI is InChI=1S/C25H22F3N3O2/c1-2-31-21-15-17(22(32)29-16-24(26,27)28)13-14-20(21)30-23(31)25(33,18-9-5-3-6-10-18)19-11-7-4-8-12-19/h3-15,33H,2,16H2,1H3,(H,29,32). The topological polar surface area (TPSA) is 67.1 Å². The summed E-state index contributed by atoms with van der Waals surface area (Å²) in [5.74, 6) is -0.480. The number of alkyl halides is 3. The van der Waals surface area contributed by atoms with Gasteiger partial charge in [0.1, 0.15) is 6.54 Å². The van der Waals surface area contributed by atoms with Crippen LogP contribution >= 0.6 is 0 Å². The maximum atomic E-state index is 12.5. The number of aliphatic hydroxyl groups is 1. The minimum absolute atomic E-state index is 0.0795. The number of rotatable bonds is 6. The number of imidazole rings is 1. The number of fused-ring (bicyclic) bond motifs is 1. The molecule has 0 bridgehead atoms. The van der Waals surface area contributed by atoms with Crippen LogP contribution < -0.4 is 5.32 Å². The number of nitrogens with one attached hydrogen (secondary N) is 1. The Balaban J connectivity index is 1.86. The number of hydrogen-bond acceptors (Lipinski definition) is 3. The van der Waals surface area contributed by atoms with Gasteiger partial charge in [0.15, 0.2) is 11.4 Å². The third-order valence-corrected chi connectivity index (χ3v) is 5.48. The third-order valence-electron chi connectivity index (χ3n) is 5.48. The highest BCUT2D eigenvalue weighted by Crippen LogP contribution is 2.37. The van der Waals surface area contributed by atoms with Crippen LogP contribution in [-0.2, 0) is 12.1 Å². The maximum absolute atomic E-state index is 12.5. The maximum Gasteiger partial charge on any atom is 0.405 e. The first-order chi connectivity index (χ1) is 15.7. The number of hydrogen-bond donors (Lipinski definition) is 2. The second-order valence-electron chi connectivity index (χ2n) is 7.62. The van der Waals surface area contributed by atoms with Crippen LogP contribution in [0.25, 0.3) is 11.0 Å². The Labute approximate surface area is 188 Å². The average Bonchev–Trinajstić information content (AvgIpc) is 3.21. The van der Waals surface area contributed by atoms with Crippen molar-refractivity contribution in [1.29, 1.82) is 0 Å². The predicted molar refractivity (Wildman–Crippen MR) is 119 cm³/mol. The van der Waals surface area contributed by atoms with Crippen molar-refractivity contribution in [2.75, 3.05) is 6.54 Å². The van der Waals surface area contributed by atoms with Gasteiger partial charge >= 0.3 is 6.18 Å². The van der Waals surface area contributed by atoms with Gasteiger partial charge in [0.2, 0.25) is 0 Å². The number of nitrogens with zero attached hydrogens (tertiary/aromatic N) is 2. The summed E-state index contributed by atoms with van der Waals surface area (Å²) in [6, 6.07) is 22.7. The molecular formula is C25H22F3N3O2. The number of aromatic nitrogens is 2. The van der Waals surface area contributed by atoms with E-state index in [1.807, 2.05) is 72.9 Å². The SMILES string of the molecule is CCn1c(C(O)(c2ccccc2)c2ccccc2)nc2ccc(C(=O)NCC(F)(F)F)cc21. The van der Waals surface area contributed by atoms with Crippen molar-refractivity contribution in [2.24, 2.45) is 0 Å². The normalized spacial score (nSPS) is 12.2. The molecule has 0 aliphatic rings. The van der Waals surface area contributed by atoms with Crippen molar-refractivity contribution in [1.82, 2.24) is 14.9 Å². The van der Waals surface area contributed by atoms with E-state index in [1.54, 1.807) is 10.6 Å². The van der Waals surface area contributed by atoms with E-state index in [2.05, 4.69) is 0 Å². The number of aryl methyl sites for hydroxylation is 1. The fraction of sp³-hybridized carbons (Fsp3) is 0.200. The number of halogens is 3. The van der Waals surface area contributed by atoms with Gasteiger partial charge in [-0.15, -0.1) is 0 Å². The lowest BCUT2D eigenvalue weighted by Crippen LogP contribution is -2.33. The van der Waals surface area contributed by atoms with E-state index in [1.165, 1.54) is 12.1 Å². The highest BCUT2D eigenvalue weighted by molar-refractivity contribution is 5.97. The molecule has 0 saturated heterocycles. The van der Waals surface area contributed by atoms with Gasteiger partial charge in [-0.25, -0.2) is 4.98 Å². The highest BCUT2D eigenvalue weighted by Gasteiger charge is 2.38. The molecule has 4 rings (SSSR count). The summed E-state index contributed by atoms with van der Waals surface area (Å²) in [6.07, 6.45) is -4.50. The van der Waals surface area contributed by atoms with Crippen molar-refractivity contribution >= 4 is 16.9 Å². The first-order valence-corrected chi connectivity index (χ1v) is 10.4. The number of carbonyl (C=O) groups is 1. The smallest absolute Gasteiger partial charge is 0.373 e. The zero-order chi connectivity index (χ0) is 23.6. The lowest BCUT2D eigenvalue weighted by molar-refractivity contribution is -0.123. The van der Waals surface area contributed by atoms with Crippen LogP contribution in [0.2, 0.25) is 0 Å². The van der Waals surface area contributed by atoms with E-state index >= 15 is 0 Å². The second-order valence-corrected chi connectivity index (χ2v) is 7.62. The summed E-state index contributed by atoms with van der Waals surface area (Å²) in [4.78, 5) is 17.0. The fourth-order valence-corrected chi connectivity index (χ4v) is 3.93. The van der Waals surface area contributed by atoms with E-state index in [4.69, 9.17) is 4.98 Å². The summed E-state index contributed by atoms with van der Waals surface area (Å²) >= 11 is 0. The molecule has 8 heteroatoms. The van der Waals surface area contributed by atoms with Gasteiger partial charge in [0.05, 0.1) is 11.0 Å². The molecule has 0 unspecified atom stereocenters. The van der Waals surface area contributed by atoms with Gasteiger partial charge in [0, 0.05) is 12.1 Å². The number of benzene rings is 3. The molecule has 0 atom stereocenters. The summed E-state index contributed by atoms with van der Waals surface area (Å²) in [7, 11) is 0.